The van der Waals surface area contributed by atoms with Crippen LogP contribution < -0.4 is 10.2 Å². The maximum atomic E-state index is 14.4. The van der Waals surface area contributed by atoms with E-state index >= 15 is 0 Å². The molecule has 1 atom stereocenters. The number of aryl methyl sites for hydroxylation is 1. The van der Waals surface area contributed by atoms with Gasteiger partial charge >= 0.3 is 0 Å². The minimum atomic E-state index is -0.246. The average molecular weight is 294 g/mol. The van der Waals surface area contributed by atoms with Gasteiger partial charge in [0.25, 0.3) is 0 Å². The normalized spacial score (nSPS) is 19.9. The van der Waals surface area contributed by atoms with E-state index in [0.717, 1.165) is 26.1 Å². The van der Waals surface area contributed by atoms with Crippen molar-refractivity contribution in [2.24, 2.45) is 5.92 Å². The lowest BCUT2D eigenvalue weighted by molar-refractivity contribution is 0.333. The van der Waals surface area contributed by atoms with Crippen molar-refractivity contribution in [3.05, 3.63) is 17.8 Å². The molecule has 5 heteroatoms. The molecule has 21 heavy (non-hydrogen) atoms. The molecule has 1 saturated heterocycles. The summed E-state index contributed by atoms with van der Waals surface area (Å²) in [4.78, 5) is 10.3. The molecule has 0 radical (unpaired) electrons. The maximum absolute atomic E-state index is 14.4. The molecule has 2 heterocycles. The van der Waals surface area contributed by atoms with Gasteiger partial charge < -0.3 is 10.2 Å². The van der Waals surface area contributed by atoms with Crippen LogP contribution in [0.25, 0.3) is 0 Å². The molecule has 0 amide bonds. The maximum Gasteiger partial charge on any atom is 0.187 e. The van der Waals surface area contributed by atoms with Crippen LogP contribution in [0.4, 0.5) is 10.2 Å². The molecular formula is C16H27FN4. The van der Waals surface area contributed by atoms with Crippen LogP contribution in [-0.4, -0.2) is 35.1 Å². The van der Waals surface area contributed by atoms with E-state index in [0.29, 0.717) is 23.9 Å². The molecule has 1 aromatic rings. The number of piperidine rings is 1. The van der Waals surface area contributed by atoms with Gasteiger partial charge in [-0.15, -0.1) is 0 Å². The summed E-state index contributed by atoms with van der Waals surface area (Å²) in [5, 5.41) is 3.55. The quantitative estimate of drug-likeness (QED) is 0.927. The second kappa shape index (κ2) is 6.69. The van der Waals surface area contributed by atoms with Crippen molar-refractivity contribution in [2.75, 3.05) is 24.5 Å². The lowest BCUT2D eigenvalue weighted by Crippen LogP contribution is -2.45. The summed E-state index contributed by atoms with van der Waals surface area (Å²) < 4.78 is 14.4. The van der Waals surface area contributed by atoms with E-state index < -0.39 is 0 Å². The molecule has 1 aliphatic rings. The molecule has 0 bridgehead atoms. The predicted molar refractivity (Wildman–Crippen MR) is 84.1 cm³/mol. The van der Waals surface area contributed by atoms with Gasteiger partial charge in [-0.05, 0) is 46.0 Å². The van der Waals surface area contributed by atoms with E-state index in [1.807, 2.05) is 6.92 Å². The average Bonchev–Trinajstić information content (AvgIpc) is 2.45. The monoisotopic (exact) mass is 294 g/mol. The van der Waals surface area contributed by atoms with E-state index in [-0.39, 0.29) is 11.4 Å². The summed E-state index contributed by atoms with van der Waals surface area (Å²) in [6.45, 7) is 11.1. The van der Waals surface area contributed by atoms with E-state index in [1.165, 1.54) is 12.7 Å². The SMILES string of the molecule is CCc1ncnc(N2CCCC(CNC(C)(C)C)C2)c1F. The van der Waals surface area contributed by atoms with E-state index in [9.17, 15) is 4.39 Å². The Balaban J connectivity index is 2.04. The van der Waals surface area contributed by atoms with Crippen LogP contribution in [0.2, 0.25) is 0 Å². The van der Waals surface area contributed by atoms with Crippen molar-refractivity contribution in [1.82, 2.24) is 15.3 Å². The molecule has 1 aliphatic heterocycles. The third kappa shape index (κ3) is 4.37. The first kappa shape index (κ1) is 16.1. The van der Waals surface area contributed by atoms with Crippen molar-refractivity contribution in [3.63, 3.8) is 0 Å². The zero-order chi connectivity index (χ0) is 15.5. The van der Waals surface area contributed by atoms with Crippen LogP contribution in [0.5, 0.6) is 0 Å². The summed E-state index contributed by atoms with van der Waals surface area (Å²) in [7, 11) is 0. The summed E-state index contributed by atoms with van der Waals surface area (Å²) in [5.74, 6) is 0.768. The highest BCUT2D eigenvalue weighted by atomic mass is 19.1. The number of anilines is 1. The number of nitrogens with one attached hydrogen (secondary N) is 1. The second-order valence-corrected chi connectivity index (χ2v) is 6.90. The molecule has 1 fully saturated rings. The van der Waals surface area contributed by atoms with Crippen LogP contribution in [0.1, 0.15) is 46.2 Å². The predicted octanol–water partition coefficient (Wildman–Crippen LogP) is 2.78. The van der Waals surface area contributed by atoms with Crippen LogP contribution in [0, 0.1) is 11.7 Å². The molecule has 1 aromatic heterocycles. The van der Waals surface area contributed by atoms with Crippen LogP contribution in [0.15, 0.2) is 6.33 Å². The fourth-order valence-electron chi connectivity index (χ4n) is 2.74. The standard InChI is InChI=1S/C16H27FN4/c1-5-13-14(17)15(19-11-18-13)21-8-6-7-12(10-21)9-20-16(2,3)4/h11-12,20H,5-10H2,1-4H3. The zero-order valence-electron chi connectivity index (χ0n) is 13.6. The van der Waals surface area contributed by atoms with E-state index in [1.54, 1.807) is 0 Å². The highest BCUT2D eigenvalue weighted by Gasteiger charge is 2.25. The lowest BCUT2D eigenvalue weighted by Gasteiger charge is -2.35. The Kier molecular flexibility index (Phi) is 5.14. The number of halogens is 1. The van der Waals surface area contributed by atoms with Crippen molar-refractivity contribution >= 4 is 5.82 Å². The molecule has 118 valence electrons. The lowest BCUT2D eigenvalue weighted by atomic mass is 9.96. The fourth-order valence-corrected chi connectivity index (χ4v) is 2.74. The number of aromatic nitrogens is 2. The first-order chi connectivity index (χ1) is 9.90. The molecule has 4 nitrogen and oxygen atoms in total. The molecule has 1 N–H and O–H groups in total. The Labute approximate surface area is 127 Å². The van der Waals surface area contributed by atoms with Gasteiger partial charge in [0, 0.05) is 25.2 Å². The summed E-state index contributed by atoms with van der Waals surface area (Å²) in [6, 6.07) is 0. The van der Waals surface area contributed by atoms with Crippen molar-refractivity contribution < 1.29 is 4.39 Å². The number of hydrogen-bond donors (Lipinski definition) is 1. The minimum absolute atomic E-state index is 0.123. The molecule has 0 saturated carbocycles. The highest BCUT2D eigenvalue weighted by molar-refractivity contribution is 5.41. The van der Waals surface area contributed by atoms with Crippen LogP contribution in [-0.2, 0) is 6.42 Å². The third-order valence-corrected chi connectivity index (χ3v) is 3.92. The van der Waals surface area contributed by atoms with Crippen LogP contribution in [0.3, 0.4) is 0 Å². The van der Waals surface area contributed by atoms with Crippen molar-refractivity contribution in [1.29, 1.82) is 0 Å². The number of rotatable bonds is 4. The Hall–Kier alpha value is -1.23. The van der Waals surface area contributed by atoms with Gasteiger partial charge in [-0.3, -0.25) is 0 Å². The third-order valence-electron chi connectivity index (χ3n) is 3.92. The van der Waals surface area contributed by atoms with E-state index in [2.05, 4.69) is 41.0 Å². The van der Waals surface area contributed by atoms with Gasteiger partial charge in [-0.25, -0.2) is 14.4 Å². The Morgan fingerprint density at radius 2 is 2.14 bits per heavy atom. The van der Waals surface area contributed by atoms with Gasteiger partial charge in [0.1, 0.15) is 6.33 Å². The zero-order valence-corrected chi connectivity index (χ0v) is 13.6. The topological polar surface area (TPSA) is 41.1 Å². The number of nitrogens with zero attached hydrogens (tertiary/aromatic N) is 3. The molecule has 0 aromatic carbocycles. The summed E-state index contributed by atoms with van der Waals surface area (Å²) in [6.07, 6.45) is 4.35. The van der Waals surface area contributed by atoms with Crippen LogP contribution >= 0.6 is 0 Å². The second-order valence-electron chi connectivity index (χ2n) is 6.90. The Morgan fingerprint density at radius 3 is 2.81 bits per heavy atom. The van der Waals surface area contributed by atoms with Gasteiger partial charge in [0.2, 0.25) is 0 Å². The molecular weight excluding hydrogens is 267 g/mol. The Morgan fingerprint density at radius 1 is 1.38 bits per heavy atom. The highest BCUT2D eigenvalue weighted by Crippen LogP contribution is 2.24. The Bertz CT molecular complexity index is 470. The fraction of sp³-hybridized carbons (Fsp3) is 0.750. The van der Waals surface area contributed by atoms with E-state index in [4.69, 9.17) is 0 Å². The van der Waals surface area contributed by atoms with Gasteiger partial charge in [0.15, 0.2) is 11.6 Å². The smallest absolute Gasteiger partial charge is 0.187 e. The molecule has 1 unspecified atom stereocenters. The van der Waals surface area contributed by atoms with Gasteiger partial charge in [-0.2, -0.15) is 0 Å². The van der Waals surface area contributed by atoms with Gasteiger partial charge in [0.05, 0.1) is 5.69 Å². The van der Waals surface area contributed by atoms with Crippen molar-refractivity contribution in [3.8, 4) is 0 Å². The van der Waals surface area contributed by atoms with Gasteiger partial charge in [-0.1, -0.05) is 6.92 Å². The first-order valence-electron chi connectivity index (χ1n) is 7.90. The minimum Gasteiger partial charge on any atom is -0.354 e. The number of hydrogen-bond acceptors (Lipinski definition) is 4. The van der Waals surface area contributed by atoms with Crippen molar-refractivity contribution in [2.45, 2.75) is 52.5 Å². The molecule has 2 rings (SSSR count). The first-order valence-corrected chi connectivity index (χ1v) is 7.90. The summed E-state index contributed by atoms with van der Waals surface area (Å²) in [5.41, 5.74) is 0.632. The molecule has 0 aliphatic carbocycles. The molecule has 0 spiro atoms. The summed E-state index contributed by atoms with van der Waals surface area (Å²) >= 11 is 0. The largest absolute Gasteiger partial charge is 0.354 e.